The maximum atomic E-state index is 15.0. The van der Waals surface area contributed by atoms with Gasteiger partial charge < -0.3 is 4.74 Å². The third kappa shape index (κ3) is 6.85. The van der Waals surface area contributed by atoms with Crippen molar-refractivity contribution >= 4 is 5.83 Å². The zero-order valence-electron chi connectivity index (χ0n) is 21.5. The Balaban J connectivity index is 1.50. The fourth-order valence-corrected chi connectivity index (χ4v) is 4.02. The van der Waals surface area contributed by atoms with E-state index < -0.39 is 52.3 Å². The van der Waals surface area contributed by atoms with Crippen molar-refractivity contribution in [2.24, 2.45) is 0 Å². The standard InChI is InChI=1S/C32H22F8O/c1-2-3-4-5-26(33)30(37)21-8-6-19(7-9-21)22-12-15-25(27(34)16-22)20-10-13-23(14-11-20)32(39,40)41-24-17-28(35)31(38)29(36)18-24/h2-3,6-18H,4-5H2,1H3/b3-2+,30-26+. The van der Waals surface area contributed by atoms with E-state index in [9.17, 15) is 30.7 Å². The highest BCUT2D eigenvalue weighted by atomic mass is 19.3. The fraction of sp³-hybridized carbons (Fsp3) is 0.125. The van der Waals surface area contributed by atoms with E-state index in [4.69, 9.17) is 0 Å². The molecule has 0 heterocycles. The summed E-state index contributed by atoms with van der Waals surface area (Å²) in [6, 6.07) is 15.0. The highest BCUT2D eigenvalue weighted by molar-refractivity contribution is 5.73. The molecule has 0 saturated carbocycles. The SMILES string of the molecule is C/C=C/CC/C(F)=C(\F)c1ccc(-c2ccc(-c3ccc(C(F)(F)Oc4cc(F)c(F)c(F)c4)cc3)c(F)c2)cc1. The van der Waals surface area contributed by atoms with Gasteiger partial charge in [0.25, 0.3) is 0 Å². The quantitative estimate of drug-likeness (QED) is 0.110. The molecule has 0 aliphatic rings. The van der Waals surface area contributed by atoms with Gasteiger partial charge in [0.05, 0.1) is 5.56 Å². The van der Waals surface area contributed by atoms with Crippen LogP contribution in [-0.4, -0.2) is 0 Å². The summed E-state index contributed by atoms with van der Waals surface area (Å²) < 4.78 is 117. The largest absolute Gasteiger partial charge is 0.429 e. The van der Waals surface area contributed by atoms with Crippen molar-refractivity contribution in [2.45, 2.75) is 25.9 Å². The molecule has 0 amide bonds. The van der Waals surface area contributed by atoms with Crippen LogP contribution in [0.2, 0.25) is 0 Å². The molecule has 0 saturated heterocycles. The Morgan fingerprint density at radius 1 is 0.732 bits per heavy atom. The first-order chi connectivity index (χ1) is 19.5. The average molecular weight is 575 g/mol. The van der Waals surface area contributed by atoms with E-state index in [1.54, 1.807) is 25.1 Å². The van der Waals surface area contributed by atoms with Gasteiger partial charge in [-0.3, -0.25) is 0 Å². The fourth-order valence-electron chi connectivity index (χ4n) is 4.02. The van der Waals surface area contributed by atoms with Gasteiger partial charge in [-0.2, -0.15) is 8.78 Å². The Morgan fingerprint density at radius 3 is 1.90 bits per heavy atom. The van der Waals surface area contributed by atoms with Crippen LogP contribution in [0.15, 0.2) is 96.8 Å². The topological polar surface area (TPSA) is 9.23 Å². The van der Waals surface area contributed by atoms with E-state index in [0.29, 0.717) is 29.7 Å². The molecule has 0 aromatic heterocycles. The predicted molar refractivity (Wildman–Crippen MR) is 141 cm³/mol. The number of halogens is 8. The Hall–Kier alpha value is -4.40. The summed E-state index contributed by atoms with van der Waals surface area (Å²) in [5, 5.41) is 0. The van der Waals surface area contributed by atoms with E-state index in [-0.39, 0.29) is 23.1 Å². The molecule has 0 radical (unpaired) electrons. The van der Waals surface area contributed by atoms with Crippen molar-refractivity contribution in [3.05, 3.63) is 131 Å². The number of allylic oxidation sites excluding steroid dienone is 3. The van der Waals surface area contributed by atoms with E-state index >= 15 is 4.39 Å². The normalized spacial score (nSPS) is 12.5. The summed E-state index contributed by atoms with van der Waals surface area (Å²) in [5.74, 6) is -8.59. The molecule has 0 fully saturated rings. The molecule has 4 aromatic rings. The Kier molecular flexibility index (Phi) is 8.95. The molecular formula is C32H22F8O. The van der Waals surface area contributed by atoms with Crippen LogP contribution in [0.25, 0.3) is 28.1 Å². The second-order valence-electron chi connectivity index (χ2n) is 9.00. The molecule has 0 bridgehead atoms. The Labute approximate surface area is 231 Å². The third-order valence-electron chi connectivity index (χ3n) is 6.18. The van der Waals surface area contributed by atoms with Gasteiger partial charge in [0.15, 0.2) is 23.3 Å². The van der Waals surface area contributed by atoms with Crippen LogP contribution in [0.4, 0.5) is 35.1 Å². The molecule has 212 valence electrons. The van der Waals surface area contributed by atoms with E-state index in [1.165, 1.54) is 48.5 Å². The van der Waals surface area contributed by atoms with Gasteiger partial charge >= 0.3 is 6.11 Å². The van der Waals surface area contributed by atoms with Crippen LogP contribution in [0, 0.1) is 23.3 Å². The Bertz CT molecular complexity index is 1570. The highest BCUT2D eigenvalue weighted by Crippen LogP contribution is 2.35. The number of alkyl halides is 2. The Morgan fingerprint density at radius 2 is 1.32 bits per heavy atom. The van der Waals surface area contributed by atoms with Gasteiger partial charge in [0, 0.05) is 29.7 Å². The summed E-state index contributed by atoms with van der Waals surface area (Å²) in [6.07, 6.45) is -0.247. The first-order valence-electron chi connectivity index (χ1n) is 12.4. The van der Waals surface area contributed by atoms with Crippen LogP contribution in [0.3, 0.4) is 0 Å². The summed E-state index contributed by atoms with van der Waals surface area (Å²) in [7, 11) is 0. The van der Waals surface area contributed by atoms with Gasteiger partial charge in [-0.05, 0) is 48.2 Å². The minimum Gasteiger partial charge on any atom is -0.429 e. The van der Waals surface area contributed by atoms with Crippen LogP contribution in [0.1, 0.15) is 30.9 Å². The van der Waals surface area contributed by atoms with Crippen LogP contribution in [-0.2, 0) is 6.11 Å². The van der Waals surface area contributed by atoms with Crippen molar-refractivity contribution in [3.63, 3.8) is 0 Å². The van der Waals surface area contributed by atoms with Crippen LogP contribution >= 0.6 is 0 Å². The molecule has 4 aromatic carbocycles. The molecule has 0 unspecified atom stereocenters. The predicted octanol–water partition coefficient (Wildman–Crippen LogP) is 10.7. The lowest BCUT2D eigenvalue weighted by atomic mass is 9.98. The summed E-state index contributed by atoms with van der Waals surface area (Å²) in [4.78, 5) is 0. The number of ether oxygens (including phenoxy) is 1. The van der Waals surface area contributed by atoms with E-state index in [0.717, 1.165) is 12.1 Å². The molecule has 4 rings (SSSR count). The number of hydrogen-bond acceptors (Lipinski definition) is 1. The zero-order valence-corrected chi connectivity index (χ0v) is 21.5. The third-order valence-corrected chi connectivity index (χ3v) is 6.18. The summed E-state index contributed by atoms with van der Waals surface area (Å²) >= 11 is 0. The van der Waals surface area contributed by atoms with Gasteiger partial charge in [-0.15, -0.1) is 0 Å². The minimum atomic E-state index is -4.03. The van der Waals surface area contributed by atoms with Crippen molar-refractivity contribution in [2.75, 3.05) is 0 Å². The van der Waals surface area contributed by atoms with Crippen molar-refractivity contribution in [3.8, 4) is 28.0 Å². The van der Waals surface area contributed by atoms with Crippen molar-refractivity contribution in [1.29, 1.82) is 0 Å². The molecule has 0 N–H and O–H groups in total. The average Bonchev–Trinajstić information content (AvgIpc) is 2.95. The first-order valence-corrected chi connectivity index (χ1v) is 12.4. The lowest BCUT2D eigenvalue weighted by molar-refractivity contribution is -0.185. The zero-order chi connectivity index (χ0) is 29.7. The molecule has 0 spiro atoms. The summed E-state index contributed by atoms with van der Waals surface area (Å²) in [5.41, 5.74) is 0.708. The van der Waals surface area contributed by atoms with Gasteiger partial charge in [0.1, 0.15) is 17.4 Å². The lowest BCUT2D eigenvalue weighted by Crippen LogP contribution is -2.22. The molecular weight excluding hydrogens is 552 g/mol. The number of rotatable bonds is 9. The summed E-state index contributed by atoms with van der Waals surface area (Å²) in [6.45, 7) is 1.79. The smallest absolute Gasteiger partial charge is 0.426 e. The van der Waals surface area contributed by atoms with E-state index in [2.05, 4.69) is 4.74 Å². The molecule has 0 aliphatic carbocycles. The van der Waals surface area contributed by atoms with Gasteiger partial charge in [-0.1, -0.05) is 60.7 Å². The highest BCUT2D eigenvalue weighted by Gasteiger charge is 2.35. The van der Waals surface area contributed by atoms with Gasteiger partial charge in [0.2, 0.25) is 0 Å². The second-order valence-corrected chi connectivity index (χ2v) is 9.00. The van der Waals surface area contributed by atoms with Crippen molar-refractivity contribution in [1.82, 2.24) is 0 Å². The second kappa shape index (κ2) is 12.4. The monoisotopic (exact) mass is 574 g/mol. The molecule has 0 aliphatic heterocycles. The molecule has 9 heteroatoms. The molecule has 41 heavy (non-hydrogen) atoms. The van der Waals surface area contributed by atoms with Crippen molar-refractivity contribution < 1.29 is 39.9 Å². The number of hydrogen-bond donors (Lipinski definition) is 0. The van der Waals surface area contributed by atoms with E-state index in [1.807, 2.05) is 0 Å². The molecule has 0 atom stereocenters. The first kappa shape index (κ1) is 29.6. The minimum absolute atomic E-state index is 0.0550. The van der Waals surface area contributed by atoms with Crippen LogP contribution in [0.5, 0.6) is 5.75 Å². The van der Waals surface area contributed by atoms with Crippen LogP contribution < -0.4 is 4.74 Å². The van der Waals surface area contributed by atoms with Gasteiger partial charge in [-0.25, -0.2) is 26.3 Å². The lowest BCUT2D eigenvalue weighted by Gasteiger charge is -2.19. The maximum absolute atomic E-state index is 15.0. The molecule has 1 nitrogen and oxygen atoms in total. The maximum Gasteiger partial charge on any atom is 0.426 e. The number of benzene rings is 4.